The Labute approximate surface area is 151 Å². The summed E-state index contributed by atoms with van der Waals surface area (Å²) in [5.74, 6) is 0.0440. The van der Waals surface area contributed by atoms with Gasteiger partial charge in [0.15, 0.2) is 0 Å². The van der Waals surface area contributed by atoms with Gasteiger partial charge in [-0.05, 0) is 52.5 Å². The minimum absolute atomic E-state index is 0.0279. The summed E-state index contributed by atoms with van der Waals surface area (Å²) in [5.41, 5.74) is -0.611. The average Bonchev–Trinajstić information content (AvgIpc) is 2.66. The largest absolute Gasteiger partial charge is 0.444 e. The van der Waals surface area contributed by atoms with E-state index in [-0.39, 0.29) is 17.7 Å². The maximum Gasteiger partial charge on any atom is 0.408 e. The van der Waals surface area contributed by atoms with E-state index in [9.17, 15) is 14.7 Å². The number of rotatable bonds is 6. The quantitative estimate of drug-likeness (QED) is 0.576. The van der Waals surface area contributed by atoms with Crippen molar-refractivity contribution >= 4 is 12.0 Å². The van der Waals surface area contributed by atoms with Gasteiger partial charge in [-0.1, -0.05) is 13.8 Å². The maximum absolute atomic E-state index is 12.5. The van der Waals surface area contributed by atoms with Gasteiger partial charge < -0.3 is 25.8 Å². The third-order valence-corrected chi connectivity index (χ3v) is 4.08. The van der Waals surface area contributed by atoms with Crippen molar-refractivity contribution < 1.29 is 19.4 Å². The molecule has 0 aromatic carbocycles. The zero-order valence-electron chi connectivity index (χ0n) is 16.2. The Balaban J connectivity index is 2.58. The summed E-state index contributed by atoms with van der Waals surface area (Å²) in [6, 6.07) is -0.643. The van der Waals surface area contributed by atoms with Gasteiger partial charge >= 0.3 is 6.09 Å². The molecule has 7 heteroatoms. The molecule has 1 rings (SSSR count). The number of hydrogen-bond acceptors (Lipinski definition) is 5. The Hall–Kier alpha value is -1.34. The Morgan fingerprint density at radius 3 is 2.60 bits per heavy atom. The minimum atomic E-state index is -0.643. The van der Waals surface area contributed by atoms with Crippen LogP contribution in [-0.4, -0.2) is 54.5 Å². The number of β-amino-alcohol motifs (C(OH)–C–C–N with tert-alkyl or cyclic N) is 1. The zero-order valence-corrected chi connectivity index (χ0v) is 16.2. The molecule has 2 amide bonds. The van der Waals surface area contributed by atoms with E-state index >= 15 is 0 Å². The van der Waals surface area contributed by atoms with Crippen LogP contribution in [0.15, 0.2) is 0 Å². The lowest BCUT2D eigenvalue weighted by Gasteiger charge is -2.25. The molecule has 146 valence electrons. The van der Waals surface area contributed by atoms with Crippen molar-refractivity contribution in [3.05, 3.63) is 0 Å². The molecule has 25 heavy (non-hydrogen) atoms. The SMILES string of the molecule is CC(C)C[C@H](NC(=O)OC(C)(C)C)C(=O)NC[C@H]1CCCNC[C@@H]1O. The Morgan fingerprint density at radius 2 is 2.00 bits per heavy atom. The molecule has 1 heterocycles. The number of ether oxygens (including phenoxy) is 1. The van der Waals surface area contributed by atoms with E-state index in [4.69, 9.17) is 4.74 Å². The van der Waals surface area contributed by atoms with Crippen LogP contribution in [0, 0.1) is 11.8 Å². The summed E-state index contributed by atoms with van der Waals surface area (Å²) in [6.45, 7) is 11.2. The number of nitrogens with one attached hydrogen (secondary N) is 3. The van der Waals surface area contributed by atoms with Crippen LogP contribution in [0.5, 0.6) is 0 Å². The van der Waals surface area contributed by atoms with Gasteiger partial charge in [-0.25, -0.2) is 4.79 Å². The normalized spacial score (nSPS) is 22.8. The van der Waals surface area contributed by atoms with E-state index in [1.54, 1.807) is 20.8 Å². The van der Waals surface area contributed by atoms with Gasteiger partial charge in [0.25, 0.3) is 0 Å². The summed E-state index contributed by atoms with van der Waals surface area (Å²) in [5, 5.41) is 18.8. The van der Waals surface area contributed by atoms with Crippen LogP contribution >= 0.6 is 0 Å². The lowest BCUT2D eigenvalue weighted by molar-refractivity contribution is -0.124. The van der Waals surface area contributed by atoms with Gasteiger partial charge in [0, 0.05) is 19.0 Å². The maximum atomic E-state index is 12.5. The number of aliphatic hydroxyl groups excluding tert-OH is 1. The van der Waals surface area contributed by atoms with Crippen molar-refractivity contribution in [2.75, 3.05) is 19.6 Å². The third kappa shape index (κ3) is 9.07. The summed E-state index contributed by atoms with van der Waals surface area (Å²) in [6.07, 6.45) is 1.31. The molecule has 0 aliphatic carbocycles. The number of hydrogen-bond donors (Lipinski definition) is 4. The molecule has 7 nitrogen and oxygen atoms in total. The lowest BCUT2D eigenvalue weighted by atomic mass is 9.97. The first-order chi connectivity index (χ1) is 11.6. The molecule has 0 spiro atoms. The summed E-state index contributed by atoms with van der Waals surface area (Å²) < 4.78 is 5.25. The number of carbonyl (C=O) groups excluding carboxylic acids is 2. The lowest BCUT2D eigenvalue weighted by Crippen LogP contribution is -2.50. The fourth-order valence-corrected chi connectivity index (χ4v) is 2.84. The van der Waals surface area contributed by atoms with Crippen molar-refractivity contribution in [3.8, 4) is 0 Å². The molecular formula is C18H35N3O4. The van der Waals surface area contributed by atoms with Gasteiger partial charge in [0.1, 0.15) is 11.6 Å². The fraction of sp³-hybridized carbons (Fsp3) is 0.889. The van der Waals surface area contributed by atoms with E-state index in [0.29, 0.717) is 19.5 Å². The zero-order chi connectivity index (χ0) is 19.0. The van der Waals surface area contributed by atoms with Crippen molar-refractivity contribution in [1.29, 1.82) is 0 Å². The molecule has 0 unspecified atom stereocenters. The van der Waals surface area contributed by atoms with E-state index in [0.717, 1.165) is 19.4 Å². The summed E-state index contributed by atoms with van der Waals surface area (Å²) >= 11 is 0. The number of aliphatic hydroxyl groups is 1. The van der Waals surface area contributed by atoms with Gasteiger partial charge in [-0.2, -0.15) is 0 Å². The monoisotopic (exact) mass is 357 g/mol. The number of amides is 2. The van der Waals surface area contributed by atoms with Gasteiger partial charge in [0.2, 0.25) is 5.91 Å². The second kappa shape index (κ2) is 9.97. The first-order valence-corrected chi connectivity index (χ1v) is 9.24. The molecule has 0 aromatic rings. The highest BCUT2D eigenvalue weighted by molar-refractivity contribution is 5.85. The standard InChI is InChI=1S/C18H35N3O4/c1-12(2)9-14(21-17(24)25-18(3,4)5)16(23)20-10-13-7-6-8-19-11-15(13)22/h12-15,19,22H,6-11H2,1-5H3,(H,20,23)(H,21,24)/t13-,14+,15+/m1/s1. The molecule has 0 bridgehead atoms. The van der Waals surface area contributed by atoms with Gasteiger partial charge in [-0.15, -0.1) is 0 Å². The molecule has 1 aliphatic rings. The Bertz CT molecular complexity index is 435. The summed E-state index contributed by atoms with van der Waals surface area (Å²) in [7, 11) is 0. The van der Waals surface area contributed by atoms with Crippen LogP contribution in [0.1, 0.15) is 53.9 Å². The first kappa shape index (κ1) is 21.7. The van der Waals surface area contributed by atoms with Crippen LogP contribution in [0.2, 0.25) is 0 Å². The minimum Gasteiger partial charge on any atom is -0.444 e. The highest BCUT2D eigenvalue weighted by Gasteiger charge is 2.27. The Morgan fingerprint density at radius 1 is 1.32 bits per heavy atom. The fourth-order valence-electron chi connectivity index (χ4n) is 2.84. The van der Waals surface area contributed by atoms with Crippen molar-refractivity contribution in [1.82, 2.24) is 16.0 Å². The third-order valence-electron chi connectivity index (χ3n) is 4.08. The van der Waals surface area contributed by atoms with Crippen molar-refractivity contribution in [2.45, 2.75) is 71.6 Å². The molecular weight excluding hydrogens is 322 g/mol. The first-order valence-electron chi connectivity index (χ1n) is 9.24. The van der Waals surface area contributed by atoms with E-state index < -0.39 is 23.8 Å². The molecule has 4 N–H and O–H groups in total. The second-order valence-electron chi connectivity index (χ2n) is 8.25. The van der Waals surface area contributed by atoms with Crippen LogP contribution < -0.4 is 16.0 Å². The van der Waals surface area contributed by atoms with Crippen LogP contribution in [-0.2, 0) is 9.53 Å². The van der Waals surface area contributed by atoms with Gasteiger partial charge in [0.05, 0.1) is 6.10 Å². The topological polar surface area (TPSA) is 99.7 Å². The smallest absolute Gasteiger partial charge is 0.408 e. The Kier molecular flexibility index (Phi) is 8.65. The molecule has 1 saturated heterocycles. The molecule has 1 aliphatic heterocycles. The van der Waals surface area contributed by atoms with E-state index in [1.165, 1.54) is 0 Å². The van der Waals surface area contributed by atoms with Gasteiger partial charge in [-0.3, -0.25) is 4.79 Å². The number of alkyl carbamates (subject to hydrolysis) is 1. The molecule has 0 radical (unpaired) electrons. The molecule has 0 aromatic heterocycles. The van der Waals surface area contributed by atoms with Crippen molar-refractivity contribution in [3.63, 3.8) is 0 Å². The van der Waals surface area contributed by atoms with Crippen LogP contribution in [0.4, 0.5) is 4.79 Å². The molecule has 1 fully saturated rings. The average molecular weight is 357 g/mol. The molecule has 0 saturated carbocycles. The molecule has 3 atom stereocenters. The second-order valence-corrected chi connectivity index (χ2v) is 8.25. The predicted octanol–water partition coefficient (Wildman–Crippen LogP) is 1.40. The highest BCUT2D eigenvalue weighted by atomic mass is 16.6. The predicted molar refractivity (Wildman–Crippen MR) is 97.2 cm³/mol. The van der Waals surface area contributed by atoms with Crippen molar-refractivity contribution in [2.24, 2.45) is 11.8 Å². The number of carbonyl (C=O) groups is 2. The van der Waals surface area contributed by atoms with E-state index in [2.05, 4.69) is 16.0 Å². The van der Waals surface area contributed by atoms with Crippen LogP contribution in [0.25, 0.3) is 0 Å². The van der Waals surface area contributed by atoms with E-state index in [1.807, 2.05) is 13.8 Å². The highest BCUT2D eigenvalue weighted by Crippen LogP contribution is 2.14. The van der Waals surface area contributed by atoms with Crippen LogP contribution in [0.3, 0.4) is 0 Å². The summed E-state index contributed by atoms with van der Waals surface area (Å²) in [4.78, 5) is 24.5.